The molecule has 2 rings (SSSR count). The van der Waals surface area contributed by atoms with Gasteiger partial charge >= 0.3 is 0 Å². The minimum absolute atomic E-state index is 0.760. The molecule has 0 aromatic carbocycles. The summed E-state index contributed by atoms with van der Waals surface area (Å²) in [5, 5.41) is 5.31. The Bertz CT molecular complexity index is 375. The van der Waals surface area contributed by atoms with Gasteiger partial charge in [0, 0.05) is 32.4 Å². The van der Waals surface area contributed by atoms with Crippen molar-refractivity contribution in [3.8, 4) is 5.88 Å². The van der Waals surface area contributed by atoms with E-state index in [2.05, 4.69) is 22.1 Å². The summed E-state index contributed by atoms with van der Waals surface area (Å²) >= 11 is 3.78. The van der Waals surface area contributed by atoms with E-state index in [-0.39, 0.29) is 0 Å². The number of anilines is 1. The second-order valence-corrected chi connectivity index (χ2v) is 7.06. The molecule has 0 spiro atoms. The van der Waals surface area contributed by atoms with Crippen molar-refractivity contribution in [1.82, 2.24) is 10.3 Å². The molecule has 1 atom stereocenters. The molecule has 1 aromatic heterocycles. The van der Waals surface area contributed by atoms with Gasteiger partial charge in [0.25, 0.3) is 0 Å². The quantitative estimate of drug-likeness (QED) is 0.868. The maximum Gasteiger partial charge on any atom is 0.230 e. The van der Waals surface area contributed by atoms with Crippen molar-refractivity contribution in [2.75, 3.05) is 38.4 Å². The van der Waals surface area contributed by atoms with E-state index in [1.807, 2.05) is 19.0 Å². The highest BCUT2D eigenvalue weighted by Gasteiger charge is 2.16. The minimum Gasteiger partial charge on any atom is -0.480 e. The van der Waals surface area contributed by atoms with Gasteiger partial charge in [-0.25, -0.2) is 0 Å². The second-order valence-electron chi connectivity index (χ2n) is 4.59. The lowest BCUT2D eigenvalue weighted by Gasteiger charge is -2.09. The number of thioether (sulfide) groups is 1. The Balaban J connectivity index is 1.87. The third kappa shape index (κ3) is 3.52. The van der Waals surface area contributed by atoms with Crippen LogP contribution in [0.5, 0.6) is 5.88 Å². The van der Waals surface area contributed by atoms with Gasteiger partial charge in [-0.05, 0) is 18.6 Å². The summed E-state index contributed by atoms with van der Waals surface area (Å²) in [7, 11) is 5.69. The lowest BCUT2D eigenvalue weighted by Crippen LogP contribution is -2.22. The molecule has 1 saturated heterocycles. The van der Waals surface area contributed by atoms with Crippen LogP contribution in [0.15, 0.2) is 0 Å². The molecule has 4 nitrogen and oxygen atoms in total. The van der Waals surface area contributed by atoms with Crippen LogP contribution in [0.1, 0.15) is 17.7 Å². The average molecular weight is 287 g/mol. The van der Waals surface area contributed by atoms with E-state index in [1.165, 1.54) is 23.5 Å². The number of nitrogens with one attached hydrogen (secondary N) is 1. The molecule has 0 aliphatic carbocycles. The molecule has 0 radical (unpaired) electrons. The van der Waals surface area contributed by atoms with Crippen molar-refractivity contribution in [2.45, 2.75) is 24.6 Å². The number of hydrogen-bond donors (Lipinski definition) is 1. The first kappa shape index (κ1) is 14.0. The lowest BCUT2D eigenvalue weighted by molar-refractivity contribution is 0.395. The Morgan fingerprint density at radius 3 is 2.94 bits per heavy atom. The van der Waals surface area contributed by atoms with E-state index in [0.717, 1.165) is 29.4 Å². The normalized spacial score (nSPS) is 19.2. The van der Waals surface area contributed by atoms with Crippen LogP contribution < -0.4 is 15.0 Å². The fourth-order valence-corrected chi connectivity index (χ4v) is 4.10. The topological polar surface area (TPSA) is 37.4 Å². The Kier molecular flexibility index (Phi) is 5.14. The largest absolute Gasteiger partial charge is 0.480 e. The summed E-state index contributed by atoms with van der Waals surface area (Å²) in [5.41, 5.74) is 0. The van der Waals surface area contributed by atoms with Crippen LogP contribution in [0.25, 0.3) is 0 Å². The molecule has 1 unspecified atom stereocenters. The molecule has 2 heterocycles. The number of ether oxygens (including phenoxy) is 1. The van der Waals surface area contributed by atoms with Crippen LogP contribution >= 0.6 is 23.1 Å². The van der Waals surface area contributed by atoms with E-state index in [9.17, 15) is 0 Å². The van der Waals surface area contributed by atoms with E-state index < -0.39 is 0 Å². The summed E-state index contributed by atoms with van der Waals surface area (Å²) in [6.45, 7) is 1.94. The van der Waals surface area contributed by atoms with Crippen LogP contribution in [0, 0.1) is 0 Å². The van der Waals surface area contributed by atoms with Gasteiger partial charge in [-0.2, -0.15) is 16.7 Å². The molecule has 0 bridgehead atoms. The molecular weight excluding hydrogens is 266 g/mol. The smallest absolute Gasteiger partial charge is 0.230 e. The Labute approximate surface area is 117 Å². The predicted octanol–water partition coefficient (Wildman–Crippen LogP) is 2.20. The molecule has 0 saturated carbocycles. The summed E-state index contributed by atoms with van der Waals surface area (Å²) in [5.74, 6) is 2.08. The van der Waals surface area contributed by atoms with Crippen molar-refractivity contribution < 1.29 is 4.74 Å². The maximum absolute atomic E-state index is 5.33. The highest BCUT2D eigenvalue weighted by molar-refractivity contribution is 8.00. The molecule has 6 heteroatoms. The zero-order valence-electron chi connectivity index (χ0n) is 11.2. The Morgan fingerprint density at radius 1 is 1.50 bits per heavy atom. The number of nitrogens with zero attached hydrogens (tertiary/aromatic N) is 2. The Hall–Kier alpha value is -0.460. The number of methoxy groups -OCH3 is 1. The van der Waals surface area contributed by atoms with Crippen LogP contribution in [0.4, 0.5) is 5.13 Å². The summed E-state index contributed by atoms with van der Waals surface area (Å²) < 4.78 is 5.33. The molecule has 18 heavy (non-hydrogen) atoms. The molecule has 1 N–H and O–H groups in total. The van der Waals surface area contributed by atoms with Gasteiger partial charge in [-0.1, -0.05) is 11.3 Å². The molecule has 102 valence electrons. The molecule has 1 aliphatic heterocycles. The predicted molar refractivity (Wildman–Crippen MR) is 80.2 cm³/mol. The third-order valence-corrected chi connectivity index (χ3v) is 5.51. The van der Waals surface area contributed by atoms with Gasteiger partial charge in [0.05, 0.1) is 12.0 Å². The van der Waals surface area contributed by atoms with Crippen LogP contribution in [-0.2, 0) is 6.54 Å². The van der Waals surface area contributed by atoms with Crippen LogP contribution in [0.2, 0.25) is 0 Å². The standard InChI is InChI=1S/C12H21N3OS2/c1-15(2)12-14-11(16-3)10(18-12)8-13-7-9-5-4-6-17-9/h9,13H,4-8H2,1-3H3. The highest BCUT2D eigenvalue weighted by atomic mass is 32.2. The van der Waals surface area contributed by atoms with Gasteiger partial charge in [-0.3, -0.25) is 0 Å². The van der Waals surface area contributed by atoms with Gasteiger partial charge in [-0.15, -0.1) is 0 Å². The minimum atomic E-state index is 0.760. The van der Waals surface area contributed by atoms with E-state index >= 15 is 0 Å². The Morgan fingerprint density at radius 2 is 2.33 bits per heavy atom. The van der Waals surface area contributed by atoms with Crippen LogP contribution in [0.3, 0.4) is 0 Å². The van der Waals surface area contributed by atoms with Crippen molar-refractivity contribution in [1.29, 1.82) is 0 Å². The zero-order chi connectivity index (χ0) is 13.0. The van der Waals surface area contributed by atoms with Crippen LogP contribution in [-0.4, -0.2) is 43.7 Å². The van der Waals surface area contributed by atoms with Crippen molar-refractivity contribution in [3.05, 3.63) is 4.88 Å². The van der Waals surface area contributed by atoms with Crippen molar-refractivity contribution >= 4 is 28.2 Å². The maximum atomic E-state index is 5.33. The first-order chi connectivity index (χ1) is 8.70. The van der Waals surface area contributed by atoms with Gasteiger partial charge < -0.3 is 15.0 Å². The molecule has 1 fully saturated rings. The van der Waals surface area contributed by atoms with Crippen molar-refractivity contribution in [2.24, 2.45) is 0 Å². The second kappa shape index (κ2) is 6.63. The van der Waals surface area contributed by atoms with E-state index in [1.54, 1.807) is 18.4 Å². The number of aromatic nitrogens is 1. The molecule has 1 aromatic rings. The van der Waals surface area contributed by atoms with Gasteiger partial charge in [0.2, 0.25) is 5.88 Å². The highest BCUT2D eigenvalue weighted by Crippen LogP contribution is 2.30. The lowest BCUT2D eigenvalue weighted by atomic mass is 10.2. The fraction of sp³-hybridized carbons (Fsp3) is 0.750. The summed E-state index contributed by atoms with van der Waals surface area (Å²) in [6.07, 6.45) is 2.71. The molecule has 0 amide bonds. The SMILES string of the molecule is COc1nc(N(C)C)sc1CNCC1CCCS1. The van der Waals surface area contributed by atoms with E-state index in [0.29, 0.717) is 0 Å². The monoisotopic (exact) mass is 287 g/mol. The zero-order valence-corrected chi connectivity index (χ0v) is 12.9. The number of hydrogen-bond acceptors (Lipinski definition) is 6. The summed E-state index contributed by atoms with van der Waals surface area (Å²) in [4.78, 5) is 7.66. The van der Waals surface area contributed by atoms with Gasteiger partial charge in [0.15, 0.2) is 5.13 Å². The first-order valence-electron chi connectivity index (χ1n) is 6.24. The van der Waals surface area contributed by atoms with E-state index in [4.69, 9.17) is 4.74 Å². The number of rotatable bonds is 6. The molecular formula is C12H21N3OS2. The van der Waals surface area contributed by atoms with Gasteiger partial charge in [0.1, 0.15) is 0 Å². The van der Waals surface area contributed by atoms with Crippen molar-refractivity contribution in [3.63, 3.8) is 0 Å². The fourth-order valence-electron chi connectivity index (χ4n) is 1.94. The molecule has 1 aliphatic rings. The number of thiazole rings is 1. The summed E-state index contributed by atoms with van der Waals surface area (Å²) in [6, 6.07) is 0. The third-order valence-electron chi connectivity index (χ3n) is 2.91. The first-order valence-corrected chi connectivity index (χ1v) is 8.10. The average Bonchev–Trinajstić information content (AvgIpc) is 2.97.